The number of nitrogens with two attached hydrogens (primary N) is 1. The molecular weight excluding hydrogens is 302 g/mol. The SMILES string of the molecule is NC(c1cncc(Br)c1)c1cccc2cccnc12. The Balaban J connectivity index is 2.14. The minimum Gasteiger partial charge on any atom is -0.320 e. The van der Waals surface area contributed by atoms with E-state index in [4.69, 9.17) is 5.73 Å². The average Bonchev–Trinajstić information content (AvgIpc) is 2.46. The number of nitrogens with zero attached hydrogens (tertiary/aromatic N) is 2. The van der Waals surface area contributed by atoms with E-state index in [1.807, 2.05) is 36.4 Å². The molecule has 0 bridgehead atoms. The van der Waals surface area contributed by atoms with Gasteiger partial charge in [-0.3, -0.25) is 9.97 Å². The van der Waals surface area contributed by atoms with Crippen LogP contribution in [0.3, 0.4) is 0 Å². The van der Waals surface area contributed by atoms with Crippen LogP contribution in [0.15, 0.2) is 59.5 Å². The molecule has 0 fully saturated rings. The molecule has 2 aromatic heterocycles. The number of para-hydroxylation sites is 1. The van der Waals surface area contributed by atoms with E-state index in [0.29, 0.717) is 0 Å². The zero-order valence-electron chi connectivity index (χ0n) is 10.1. The van der Waals surface area contributed by atoms with Crippen molar-refractivity contribution in [2.45, 2.75) is 6.04 Å². The van der Waals surface area contributed by atoms with Gasteiger partial charge >= 0.3 is 0 Å². The number of halogens is 1. The van der Waals surface area contributed by atoms with Crippen molar-refractivity contribution in [2.24, 2.45) is 5.73 Å². The van der Waals surface area contributed by atoms with Crippen molar-refractivity contribution in [3.05, 3.63) is 70.6 Å². The van der Waals surface area contributed by atoms with E-state index in [1.165, 1.54) is 0 Å². The zero-order chi connectivity index (χ0) is 13.2. The minimum atomic E-state index is -0.233. The highest BCUT2D eigenvalue weighted by Crippen LogP contribution is 2.26. The molecule has 0 aliphatic rings. The molecule has 1 aromatic carbocycles. The van der Waals surface area contributed by atoms with Crippen LogP contribution in [0.2, 0.25) is 0 Å². The highest BCUT2D eigenvalue weighted by Gasteiger charge is 2.13. The second-order valence-corrected chi connectivity index (χ2v) is 5.25. The molecule has 0 radical (unpaired) electrons. The number of pyridine rings is 2. The summed E-state index contributed by atoms with van der Waals surface area (Å²) in [4.78, 5) is 8.60. The summed E-state index contributed by atoms with van der Waals surface area (Å²) in [7, 11) is 0. The van der Waals surface area contributed by atoms with Crippen molar-refractivity contribution in [1.29, 1.82) is 0 Å². The van der Waals surface area contributed by atoms with Gasteiger partial charge in [0.25, 0.3) is 0 Å². The molecule has 3 nitrogen and oxygen atoms in total. The number of rotatable bonds is 2. The first-order chi connectivity index (χ1) is 9.25. The standard InChI is InChI=1S/C15H12BrN3/c16-12-7-11(8-18-9-12)14(17)13-5-1-3-10-4-2-6-19-15(10)13/h1-9,14H,17H2. The van der Waals surface area contributed by atoms with E-state index in [1.54, 1.807) is 18.6 Å². The number of aromatic nitrogens is 2. The molecule has 0 saturated carbocycles. The van der Waals surface area contributed by atoms with Crippen LogP contribution in [0, 0.1) is 0 Å². The van der Waals surface area contributed by atoms with Crippen LogP contribution < -0.4 is 5.73 Å². The lowest BCUT2D eigenvalue weighted by molar-refractivity contribution is 0.867. The zero-order valence-corrected chi connectivity index (χ0v) is 11.7. The van der Waals surface area contributed by atoms with Gasteiger partial charge in [-0.2, -0.15) is 0 Å². The minimum absolute atomic E-state index is 0.233. The number of hydrogen-bond acceptors (Lipinski definition) is 3. The predicted molar refractivity (Wildman–Crippen MR) is 79.7 cm³/mol. The second-order valence-electron chi connectivity index (χ2n) is 4.34. The molecule has 4 heteroatoms. The summed E-state index contributed by atoms with van der Waals surface area (Å²) < 4.78 is 0.925. The smallest absolute Gasteiger partial charge is 0.0753 e. The van der Waals surface area contributed by atoms with E-state index in [2.05, 4.69) is 25.9 Å². The maximum absolute atomic E-state index is 6.35. The highest BCUT2D eigenvalue weighted by atomic mass is 79.9. The summed E-state index contributed by atoms with van der Waals surface area (Å²) in [5, 5.41) is 1.10. The Kier molecular flexibility index (Phi) is 3.27. The van der Waals surface area contributed by atoms with E-state index in [0.717, 1.165) is 26.5 Å². The Morgan fingerprint density at radius 1 is 1.11 bits per heavy atom. The lowest BCUT2D eigenvalue weighted by Crippen LogP contribution is -2.13. The van der Waals surface area contributed by atoms with Crippen molar-refractivity contribution in [2.75, 3.05) is 0 Å². The van der Waals surface area contributed by atoms with Crippen molar-refractivity contribution in [3.63, 3.8) is 0 Å². The molecule has 0 aliphatic carbocycles. The summed E-state index contributed by atoms with van der Waals surface area (Å²) in [5.41, 5.74) is 9.27. The third-order valence-corrected chi connectivity index (χ3v) is 3.52. The van der Waals surface area contributed by atoms with Crippen molar-refractivity contribution < 1.29 is 0 Å². The molecule has 1 unspecified atom stereocenters. The van der Waals surface area contributed by atoms with Crippen LogP contribution in [0.1, 0.15) is 17.2 Å². The monoisotopic (exact) mass is 313 g/mol. The summed E-state index contributed by atoms with van der Waals surface area (Å²) in [6.07, 6.45) is 5.33. The number of hydrogen-bond donors (Lipinski definition) is 1. The Bertz CT molecular complexity index is 722. The van der Waals surface area contributed by atoms with E-state index in [9.17, 15) is 0 Å². The topological polar surface area (TPSA) is 51.8 Å². The fraction of sp³-hybridized carbons (Fsp3) is 0.0667. The normalized spacial score (nSPS) is 12.5. The molecule has 0 amide bonds. The number of benzene rings is 1. The summed E-state index contributed by atoms with van der Waals surface area (Å²) in [6.45, 7) is 0. The second kappa shape index (κ2) is 5.07. The van der Waals surface area contributed by atoms with Gasteiger partial charge in [-0.15, -0.1) is 0 Å². The van der Waals surface area contributed by atoms with Gasteiger partial charge in [0.05, 0.1) is 11.6 Å². The average molecular weight is 314 g/mol. The number of fused-ring (bicyclic) bond motifs is 1. The molecule has 0 aliphatic heterocycles. The Hall–Kier alpha value is -1.78. The van der Waals surface area contributed by atoms with Crippen LogP contribution in [0.4, 0.5) is 0 Å². The molecule has 94 valence electrons. The fourth-order valence-electron chi connectivity index (χ4n) is 2.16. The molecule has 19 heavy (non-hydrogen) atoms. The van der Waals surface area contributed by atoms with Crippen molar-refractivity contribution in [1.82, 2.24) is 9.97 Å². The van der Waals surface area contributed by atoms with Gasteiger partial charge in [-0.25, -0.2) is 0 Å². The maximum atomic E-state index is 6.35. The molecule has 3 rings (SSSR count). The maximum Gasteiger partial charge on any atom is 0.0753 e. The first kappa shape index (κ1) is 12.3. The van der Waals surface area contributed by atoms with Crippen LogP contribution in [0.25, 0.3) is 10.9 Å². The lowest BCUT2D eigenvalue weighted by atomic mass is 9.98. The molecule has 1 atom stereocenters. The van der Waals surface area contributed by atoms with E-state index < -0.39 is 0 Å². The van der Waals surface area contributed by atoms with Crippen LogP contribution >= 0.6 is 15.9 Å². The summed E-state index contributed by atoms with van der Waals surface area (Å²) >= 11 is 3.42. The van der Waals surface area contributed by atoms with Gasteiger partial charge < -0.3 is 5.73 Å². The van der Waals surface area contributed by atoms with Crippen LogP contribution in [-0.2, 0) is 0 Å². The van der Waals surface area contributed by atoms with Gasteiger partial charge in [0, 0.05) is 28.4 Å². The van der Waals surface area contributed by atoms with Crippen LogP contribution in [0.5, 0.6) is 0 Å². The van der Waals surface area contributed by atoms with Gasteiger partial charge in [0.1, 0.15) is 0 Å². The molecular formula is C15H12BrN3. The van der Waals surface area contributed by atoms with Gasteiger partial charge in [-0.05, 0) is 39.2 Å². The fourth-order valence-corrected chi connectivity index (χ4v) is 2.54. The quantitative estimate of drug-likeness (QED) is 0.788. The molecule has 0 spiro atoms. The Morgan fingerprint density at radius 2 is 1.95 bits per heavy atom. The first-order valence-corrected chi connectivity index (χ1v) is 6.74. The Labute approximate surface area is 119 Å². The van der Waals surface area contributed by atoms with E-state index >= 15 is 0 Å². The van der Waals surface area contributed by atoms with Crippen molar-refractivity contribution in [3.8, 4) is 0 Å². The Morgan fingerprint density at radius 3 is 2.79 bits per heavy atom. The van der Waals surface area contributed by atoms with Crippen LogP contribution in [-0.4, -0.2) is 9.97 Å². The van der Waals surface area contributed by atoms with E-state index in [-0.39, 0.29) is 6.04 Å². The largest absolute Gasteiger partial charge is 0.320 e. The molecule has 3 aromatic rings. The molecule has 2 N–H and O–H groups in total. The third kappa shape index (κ3) is 2.37. The van der Waals surface area contributed by atoms with Gasteiger partial charge in [0.2, 0.25) is 0 Å². The molecule has 2 heterocycles. The summed E-state index contributed by atoms with van der Waals surface area (Å²) in [6, 6.07) is 11.8. The first-order valence-electron chi connectivity index (χ1n) is 5.95. The van der Waals surface area contributed by atoms with Crippen molar-refractivity contribution >= 4 is 26.8 Å². The van der Waals surface area contributed by atoms with Gasteiger partial charge in [0.15, 0.2) is 0 Å². The molecule has 0 saturated heterocycles. The predicted octanol–water partition coefficient (Wildman–Crippen LogP) is 3.44. The summed E-state index contributed by atoms with van der Waals surface area (Å²) in [5.74, 6) is 0. The third-order valence-electron chi connectivity index (χ3n) is 3.08. The van der Waals surface area contributed by atoms with Gasteiger partial charge in [-0.1, -0.05) is 24.3 Å². The lowest BCUT2D eigenvalue weighted by Gasteiger charge is -2.14. The highest BCUT2D eigenvalue weighted by molar-refractivity contribution is 9.10.